The van der Waals surface area contributed by atoms with Crippen molar-refractivity contribution >= 4 is 111 Å². The molecular formula is C20H17Cl7O11. The molecule has 1 aromatic rings. The molecule has 2 aliphatic heterocycles. The summed E-state index contributed by atoms with van der Waals surface area (Å²) in [5.41, 5.74) is -0.410. The fourth-order valence-corrected chi connectivity index (χ4v) is 4.66. The van der Waals surface area contributed by atoms with E-state index in [-0.39, 0.29) is 43.4 Å². The maximum absolute atomic E-state index is 11.5. The van der Waals surface area contributed by atoms with E-state index in [2.05, 4.69) is 9.47 Å². The van der Waals surface area contributed by atoms with Crippen LogP contribution in [-0.2, 0) is 28.6 Å². The molecule has 2 saturated heterocycles. The summed E-state index contributed by atoms with van der Waals surface area (Å²) in [5, 5.41) is 24.6. The molecule has 2 aliphatic rings. The highest BCUT2D eigenvalue weighted by atomic mass is 35.6. The largest absolute Gasteiger partial charge is 0.481 e. The van der Waals surface area contributed by atoms with E-state index in [0.29, 0.717) is 12.8 Å². The fourth-order valence-electron chi connectivity index (χ4n) is 3.50. The first-order valence-electron chi connectivity index (χ1n) is 9.85. The molecule has 0 radical (unpaired) electrons. The van der Waals surface area contributed by atoms with E-state index in [1.54, 1.807) is 0 Å². The summed E-state index contributed by atoms with van der Waals surface area (Å²) in [5.74, 6) is -6.90. The molecule has 0 spiro atoms. The number of ether oxygens (including phenoxy) is 3. The molecule has 2 bridgehead atoms. The van der Waals surface area contributed by atoms with E-state index in [1.807, 2.05) is 0 Å². The average Bonchev–Trinajstić information content (AvgIpc) is 3.45. The van der Waals surface area contributed by atoms with Gasteiger partial charge in [-0.25, -0.2) is 14.4 Å². The number of aliphatic carboxylic acids is 3. The van der Waals surface area contributed by atoms with E-state index in [0.717, 1.165) is 14.2 Å². The number of halogens is 7. The predicted molar refractivity (Wildman–Crippen MR) is 137 cm³/mol. The monoisotopic (exact) mass is 678 g/mol. The first kappa shape index (κ1) is 34.6. The predicted octanol–water partition coefficient (Wildman–Crippen LogP) is 5.26. The molecule has 212 valence electrons. The van der Waals surface area contributed by atoms with Gasteiger partial charge in [0.15, 0.2) is 0 Å². The van der Waals surface area contributed by atoms with Crippen LogP contribution in [0.5, 0.6) is 0 Å². The van der Waals surface area contributed by atoms with Gasteiger partial charge in [-0.3, -0.25) is 9.59 Å². The summed E-state index contributed by atoms with van der Waals surface area (Å²) in [6, 6.07) is 0. The van der Waals surface area contributed by atoms with Gasteiger partial charge in [0.25, 0.3) is 3.79 Å². The summed E-state index contributed by atoms with van der Waals surface area (Å²) in [4.78, 5) is 54.1. The van der Waals surface area contributed by atoms with E-state index in [1.165, 1.54) is 0 Å². The highest BCUT2D eigenvalue weighted by Crippen LogP contribution is 2.44. The van der Waals surface area contributed by atoms with Crippen LogP contribution in [0.25, 0.3) is 0 Å². The molecule has 3 N–H and O–H groups in total. The van der Waals surface area contributed by atoms with Crippen LogP contribution in [0.2, 0.25) is 20.1 Å². The van der Waals surface area contributed by atoms with Gasteiger partial charge in [-0.15, -0.1) is 0 Å². The number of hydrogen-bond acceptors (Lipinski definition) is 8. The van der Waals surface area contributed by atoms with Gasteiger partial charge in [-0.1, -0.05) is 81.2 Å². The number of carbonyl (C=O) groups excluding carboxylic acids is 2. The molecule has 3 rings (SSSR count). The first-order valence-corrected chi connectivity index (χ1v) is 12.5. The van der Waals surface area contributed by atoms with Crippen LogP contribution < -0.4 is 0 Å². The standard InChI is InChI=1S/C10H6Cl4O4.C8H10O5.C2HCl3O2/c1-17-9(15)3-5(11)7(13)4(10(16)18-2)8(14)6(3)12;9-7(10)5-3-1-2-4(13-3)6(5)8(11)12;3-2(4,5)1(6)7/h1-2H3;3-6H,1-2H2,(H,9,10)(H,11,12);(H,6,7). The van der Waals surface area contributed by atoms with Crippen LogP contribution in [0.15, 0.2) is 0 Å². The Bertz CT molecular complexity index is 1020. The molecule has 2 heterocycles. The molecule has 11 nitrogen and oxygen atoms in total. The lowest BCUT2D eigenvalue weighted by Crippen LogP contribution is -2.38. The Balaban J connectivity index is 0.000000314. The Labute approximate surface area is 249 Å². The number of benzene rings is 1. The normalized spacial score (nSPS) is 21.3. The van der Waals surface area contributed by atoms with Crippen molar-refractivity contribution in [1.29, 1.82) is 0 Å². The lowest BCUT2D eigenvalue weighted by Gasteiger charge is -2.20. The second-order valence-electron chi connectivity index (χ2n) is 7.31. The molecule has 0 amide bonds. The molecule has 4 atom stereocenters. The Morgan fingerprint density at radius 2 is 0.974 bits per heavy atom. The molecule has 18 heteroatoms. The second kappa shape index (κ2) is 14.3. The number of alkyl halides is 3. The van der Waals surface area contributed by atoms with Crippen molar-refractivity contribution in [3.8, 4) is 0 Å². The van der Waals surface area contributed by atoms with Gasteiger partial charge in [-0.2, -0.15) is 0 Å². The van der Waals surface area contributed by atoms with Gasteiger partial charge in [-0.05, 0) is 12.8 Å². The minimum Gasteiger partial charge on any atom is -0.481 e. The Hall–Kier alpha value is -1.44. The number of carboxylic acid groups (broad SMARTS) is 3. The van der Waals surface area contributed by atoms with Crippen LogP contribution in [0.3, 0.4) is 0 Å². The zero-order valence-corrected chi connectivity index (χ0v) is 24.3. The summed E-state index contributed by atoms with van der Waals surface area (Å²) >= 11 is 37.9. The van der Waals surface area contributed by atoms with Gasteiger partial charge >= 0.3 is 29.8 Å². The van der Waals surface area contributed by atoms with Gasteiger partial charge in [0.1, 0.15) is 0 Å². The second-order valence-corrected chi connectivity index (χ2v) is 11.1. The third-order valence-corrected chi connectivity index (χ3v) is 7.32. The van der Waals surface area contributed by atoms with Gasteiger partial charge < -0.3 is 29.5 Å². The molecule has 38 heavy (non-hydrogen) atoms. The summed E-state index contributed by atoms with van der Waals surface area (Å²) in [7, 11) is 2.29. The van der Waals surface area contributed by atoms with Gasteiger partial charge in [0, 0.05) is 0 Å². The minimum atomic E-state index is -2.17. The zero-order chi connectivity index (χ0) is 29.7. The Morgan fingerprint density at radius 3 is 1.16 bits per heavy atom. The quantitative estimate of drug-likeness (QED) is 0.215. The lowest BCUT2D eigenvalue weighted by atomic mass is 9.79. The van der Waals surface area contributed by atoms with Crippen molar-refractivity contribution in [2.45, 2.75) is 28.8 Å². The number of hydrogen-bond donors (Lipinski definition) is 3. The molecule has 0 aromatic heterocycles. The van der Waals surface area contributed by atoms with Crippen molar-refractivity contribution in [3.63, 3.8) is 0 Å². The molecule has 2 fully saturated rings. The third-order valence-electron chi connectivity index (χ3n) is 5.13. The van der Waals surface area contributed by atoms with Crippen molar-refractivity contribution in [2.75, 3.05) is 14.2 Å². The smallest absolute Gasteiger partial charge is 0.356 e. The zero-order valence-electron chi connectivity index (χ0n) is 19.0. The van der Waals surface area contributed by atoms with Crippen molar-refractivity contribution < 1.29 is 53.5 Å². The van der Waals surface area contributed by atoms with Crippen LogP contribution >= 0.6 is 81.2 Å². The Kier molecular flexibility index (Phi) is 13.0. The van der Waals surface area contributed by atoms with Crippen LogP contribution in [0, 0.1) is 11.8 Å². The minimum absolute atomic E-state index is 0.205. The summed E-state index contributed by atoms with van der Waals surface area (Å²) < 4.78 is 12.1. The number of rotatable bonds is 4. The maximum atomic E-state index is 11.5. The van der Waals surface area contributed by atoms with E-state index in [4.69, 9.17) is 101 Å². The number of fused-ring (bicyclic) bond motifs is 2. The van der Waals surface area contributed by atoms with Gasteiger partial charge in [0.05, 0.1) is 69.5 Å². The van der Waals surface area contributed by atoms with Crippen molar-refractivity contribution in [2.24, 2.45) is 11.8 Å². The molecule has 0 aliphatic carbocycles. The summed E-state index contributed by atoms with van der Waals surface area (Å²) in [6.45, 7) is 0. The number of esters is 2. The Morgan fingerprint density at radius 1 is 0.711 bits per heavy atom. The van der Waals surface area contributed by atoms with Crippen molar-refractivity contribution in [3.05, 3.63) is 31.2 Å². The van der Waals surface area contributed by atoms with E-state index >= 15 is 0 Å². The van der Waals surface area contributed by atoms with Crippen molar-refractivity contribution in [1.82, 2.24) is 0 Å². The van der Waals surface area contributed by atoms with E-state index < -0.39 is 45.5 Å². The first-order chi connectivity index (χ1) is 17.4. The molecule has 4 unspecified atom stereocenters. The van der Waals surface area contributed by atoms with Gasteiger partial charge in [0.2, 0.25) is 0 Å². The van der Waals surface area contributed by atoms with E-state index in [9.17, 15) is 24.0 Å². The lowest BCUT2D eigenvalue weighted by molar-refractivity contribution is -0.154. The van der Waals surface area contributed by atoms with Crippen LogP contribution in [0.4, 0.5) is 0 Å². The highest BCUT2D eigenvalue weighted by molar-refractivity contribution is 6.75. The number of methoxy groups -OCH3 is 2. The highest BCUT2D eigenvalue weighted by Gasteiger charge is 2.55. The average molecular weight is 682 g/mol. The third kappa shape index (κ3) is 8.04. The molecular weight excluding hydrogens is 664 g/mol. The van der Waals surface area contributed by atoms with Crippen LogP contribution in [-0.4, -0.2) is 75.4 Å². The fraction of sp³-hybridized carbons (Fsp3) is 0.450. The summed E-state index contributed by atoms with van der Waals surface area (Å²) in [6.07, 6.45) is 0.573. The molecule has 1 aromatic carbocycles. The SMILES string of the molecule is COC(=O)c1c(Cl)c(Cl)c(C(=O)OC)c(Cl)c1Cl.O=C(O)C(Cl)(Cl)Cl.O=C(O)C1C2CCC(O2)C1C(=O)O. The topological polar surface area (TPSA) is 174 Å². The van der Waals surface area contributed by atoms with Crippen LogP contribution in [0.1, 0.15) is 33.6 Å². The number of carboxylic acids is 3. The molecule has 0 saturated carbocycles. The maximum Gasteiger partial charge on any atom is 0.356 e. The number of carbonyl (C=O) groups is 5.